The number of nitrogens with zero attached hydrogens (tertiary/aromatic N) is 4. The van der Waals surface area contributed by atoms with Crippen molar-refractivity contribution < 1.29 is 18.0 Å². The lowest BCUT2D eigenvalue weighted by molar-refractivity contribution is -0.137. The van der Waals surface area contributed by atoms with E-state index >= 15 is 0 Å². The van der Waals surface area contributed by atoms with Gasteiger partial charge in [-0.2, -0.15) is 18.3 Å². The lowest BCUT2D eigenvalue weighted by Gasteiger charge is -2.43. The first-order valence-electron chi connectivity index (χ1n) is 10.0. The Balaban J connectivity index is 1.53. The summed E-state index contributed by atoms with van der Waals surface area (Å²) in [5, 5.41) is 6.66. The van der Waals surface area contributed by atoms with E-state index in [0.717, 1.165) is 31.5 Å². The van der Waals surface area contributed by atoms with Gasteiger partial charge in [-0.3, -0.25) is 9.69 Å². The summed E-state index contributed by atoms with van der Waals surface area (Å²) in [6.07, 6.45) is 5.14. The first-order chi connectivity index (χ1) is 13.9. The van der Waals surface area contributed by atoms with Crippen molar-refractivity contribution in [3.05, 3.63) is 36.4 Å². The second kappa shape index (κ2) is 8.14. The number of rotatable bonds is 4. The van der Waals surface area contributed by atoms with Gasteiger partial charge in [0.05, 0.1) is 23.5 Å². The van der Waals surface area contributed by atoms with E-state index in [-0.39, 0.29) is 18.1 Å². The number of aromatic nitrogens is 3. The molecule has 2 atom stereocenters. The number of alkyl halides is 3. The normalized spacial score (nSPS) is 22.9. The zero-order valence-corrected chi connectivity index (χ0v) is 16.0. The molecule has 2 fully saturated rings. The minimum atomic E-state index is -4.50. The number of piperidine rings is 1. The number of benzene rings is 1. The second-order valence-electron chi connectivity index (χ2n) is 7.84. The number of hydrogen-bond acceptors (Lipinski definition) is 4. The van der Waals surface area contributed by atoms with Gasteiger partial charge in [-0.05, 0) is 56.3 Å². The van der Waals surface area contributed by atoms with Gasteiger partial charge in [-0.15, -0.1) is 0 Å². The molecule has 1 saturated carbocycles. The van der Waals surface area contributed by atoms with E-state index in [1.807, 2.05) is 0 Å². The maximum atomic E-state index is 13.2. The van der Waals surface area contributed by atoms with Crippen LogP contribution in [0.25, 0.3) is 5.69 Å². The molecule has 29 heavy (non-hydrogen) atoms. The molecule has 0 unspecified atom stereocenters. The van der Waals surface area contributed by atoms with Crippen LogP contribution in [0.5, 0.6) is 0 Å². The summed E-state index contributed by atoms with van der Waals surface area (Å²) in [5.41, 5.74) is -0.396. The van der Waals surface area contributed by atoms with Crippen molar-refractivity contribution in [2.75, 3.05) is 18.4 Å². The maximum absolute atomic E-state index is 13.2. The first-order valence-corrected chi connectivity index (χ1v) is 10.0. The Bertz CT molecular complexity index is 850. The Morgan fingerprint density at radius 3 is 2.72 bits per heavy atom. The van der Waals surface area contributed by atoms with E-state index < -0.39 is 11.7 Å². The third-order valence-corrected chi connectivity index (χ3v) is 5.97. The summed E-state index contributed by atoms with van der Waals surface area (Å²) >= 11 is 0. The minimum Gasteiger partial charge on any atom is -0.323 e. The quantitative estimate of drug-likeness (QED) is 0.836. The van der Waals surface area contributed by atoms with Gasteiger partial charge < -0.3 is 5.32 Å². The summed E-state index contributed by atoms with van der Waals surface area (Å²) in [6.45, 7) is 1.04. The monoisotopic (exact) mass is 407 g/mol. The van der Waals surface area contributed by atoms with Crippen LogP contribution in [0.3, 0.4) is 0 Å². The number of fused-ring (bicyclic) bond motifs is 1. The Labute approximate surface area is 167 Å². The van der Waals surface area contributed by atoms with Gasteiger partial charge in [0.15, 0.2) is 0 Å². The molecule has 2 aliphatic rings. The molecule has 1 aromatic carbocycles. The molecule has 1 aliphatic carbocycles. The zero-order valence-electron chi connectivity index (χ0n) is 16.0. The van der Waals surface area contributed by atoms with Gasteiger partial charge >= 0.3 is 6.18 Å². The maximum Gasteiger partial charge on any atom is 0.416 e. The van der Waals surface area contributed by atoms with Crippen LogP contribution in [0.2, 0.25) is 0 Å². The van der Waals surface area contributed by atoms with E-state index in [9.17, 15) is 18.0 Å². The third kappa shape index (κ3) is 4.44. The Hall–Kier alpha value is -2.42. The van der Waals surface area contributed by atoms with Crippen molar-refractivity contribution >= 4 is 11.6 Å². The van der Waals surface area contributed by atoms with Gasteiger partial charge in [0.1, 0.15) is 12.7 Å². The fourth-order valence-electron chi connectivity index (χ4n) is 4.64. The topological polar surface area (TPSA) is 63.1 Å². The van der Waals surface area contributed by atoms with Crippen LogP contribution < -0.4 is 5.32 Å². The lowest BCUT2D eigenvalue weighted by atomic mass is 9.78. The predicted molar refractivity (Wildman–Crippen MR) is 102 cm³/mol. The Morgan fingerprint density at radius 2 is 1.97 bits per heavy atom. The average molecular weight is 407 g/mol. The highest BCUT2D eigenvalue weighted by molar-refractivity contribution is 5.94. The van der Waals surface area contributed by atoms with E-state index in [1.54, 1.807) is 0 Å². The van der Waals surface area contributed by atoms with Crippen LogP contribution in [0.15, 0.2) is 30.9 Å². The van der Waals surface area contributed by atoms with Crippen LogP contribution in [-0.4, -0.2) is 44.7 Å². The Morgan fingerprint density at radius 1 is 1.17 bits per heavy atom. The number of carbonyl (C=O) groups excluding carboxylic acids is 1. The third-order valence-electron chi connectivity index (χ3n) is 5.97. The lowest BCUT2D eigenvalue weighted by Crippen LogP contribution is -2.49. The molecule has 1 amide bonds. The highest BCUT2D eigenvalue weighted by Gasteiger charge is 2.34. The molecule has 0 radical (unpaired) electrons. The number of amides is 1. The number of anilines is 1. The van der Waals surface area contributed by atoms with E-state index in [0.29, 0.717) is 17.6 Å². The van der Waals surface area contributed by atoms with Crippen LogP contribution in [0, 0.1) is 5.92 Å². The molecule has 1 N–H and O–H groups in total. The summed E-state index contributed by atoms with van der Waals surface area (Å²) < 4.78 is 40.9. The zero-order chi connectivity index (χ0) is 20.4. The molecule has 156 valence electrons. The van der Waals surface area contributed by atoms with Crippen LogP contribution in [0.1, 0.15) is 44.1 Å². The fourth-order valence-corrected chi connectivity index (χ4v) is 4.64. The highest BCUT2D eigenvalue weighted by Crippen LogP contribution is 2.36. The van der Waals surface area contributed by atoms with Crippen LogP contribution in [-0.2, 0) is 11.0 Å². The van der Waals surface area contributed by atoms with Crippen molar-refractivity contribution in [2.24, 2.45) is 5.92 Å². The minimum absolute atomic E-state index is 0.0764. The van der Waals surface area contributed by atoms with Crippen LogP contribution >= 0.6 is 0 Å². The summed E-state index contributed by atoms with van der Waals surface area (Å²) in [5.74, 6) is 0.321. The fraction of sp³-hybridized carbons (Fsp3) is 0.550. The molecular weight excluding hydrogens is 383 g/mol. The van der Waals surface area contributed by atoms with E-state index in [1.165, 1.54) is 49.1 Å². The van der Waals surface area contributed by atoms with Crippen molar-refractivity contribution in [1.82, 2.24) is 19.7 Å². The van der Waals surface area contributed by atoms with E-state index in [4.69, 9.17) is 0 Å². The molecule has 0 bridgehead atoms. The molecule has 2 aromatic rings. The largest absolute Gasteiger partial charge is 0.416 e. The highest BCUT2D eigenvalue weighted by atomic mass is 19.4. The standard InChI is InChI=1S/C20H24F3N5O/c21-20(22,23)15-7-8-18(28-13-24-12-25-28)16(10-15)26-19(29)11-27-9-3-5-14-4-1-2-6-17(14)27/h7-8,10,12-14,17H,1-6,9,11H2,(H,26,29)/t14-,17-/m0/s1. The smallest absolute Gasteiger partial charge is 0.323 e. The van der Waals surface area contributed by atoms with Crippen molar-refractivity contribution in [3.63, 3.8) is 0 Å². The number of nitrogens with one attached hydrogen (secondary N) is 1. The van der Waals surface area contributed by atoms with Crippen LogP contribution in [0.4, 0.5) is 18.9 Å². The van der Waals surface area contributed by atoms with Gasteiger partial charge in [0, 0.05) is 6.04 Å². The van der Waals surface area contributed by atoms with E-state index in [2.05, 4.69) is 20.3 Å². The molecule has 2 heterocycles. The molecule has 0 spiro atoms. The van der Waals surface area contributed by atoms with Gasteiger partial charge in [-0.25, -0.2) is 9.67 Å². The summed E-state index contributed by atoms with van der Waals surface area (Å²) in [6, 6.07) is 3.63. The molecule has 9 heteroatoms. The van der Waals surface area contributed by atoms with Crippen molar-refractivity contribution in [2.45, 2.75) is 50.7 Å². The number of likely N-dealkylation sites (tertiary alicyclic amines) is 1. The molecular formula is C20H24F3N5O. The number of hydrogen-bond donors (Lipinski definition) is 1. The van der Waals surface area contributed by atoms with Crippen molar-refractivity contribution in [1.29, 1.82) is 0 Å². The molecule has 6 nitrogen and oxygen atoms in total. The second-order valence-corrected chi connectivity index (χ2v) is 7.84. The number of carbonyl (C=O) groups is 1. The first kappa shape index (κ1) is 19.9. The average Bonchev–Trinajstić information content (AvgIpc) is 3.22. The molecule has 4 rings (SSSR count). The predicted octanol–water partition coefficient (Wildman–Crippen LogP) is 3.88. The molecule has 1 aliphatic heterocycles. The SMILES string of the molecule is O=C(CN1CCC[C@@H]2CCCC[C@@H]21)Nc1cc(C(F)(F)F)ccc1-n1cncn1. The number of halogens is 3. The molecule has 1 aromatic heterocycles. The van der Waals surface area contributed by atoms with Gasteiger partial charge in [0.2, 0.25) is 5.91 Å². The Kier molecular flexibility index (Phi) is 5.58. The van der Waals surface area contributed by atoms with Gasteiger partial charge in [-0.1, -0.05) is 12.8 Å². The summed E-state index contributed by atoms with van der Waals surface area (Å²) in [4.78, 5) is 18.8. The summed E-state index contributed by atoms with van der Waals surface area (Å²) in [7, 11) is 0. The van der Waals surface area contributed by atoms with Gasteiger partial charge in [0.25, 0.3) is 0 Å². The molecule has 1 saturated heterocycles. The van der Waals surface area contributed by atoms with Crippen molar-refractivity contribution in [3.8, 4) is 5.69 Å².